The molecular weight excluding hydrogens is 296 g/mol. The summed E-state index contributed by atoms with van der Waals surface area (Å²) in [6, 6.07) is 1.94. The lowest BCUT2D eigenvalue weighted by Crippen LogP contribution is -2.37. The molecule has 0 aliphatic heterocycles. The summed E-state index contributed by atoms with van der Waals surface area (Å²) in [5, 5.41) is 14.0. The molecule has 6 nitrogen and oxygen atoms in total. The van der Waals surface area contributed by atoms with E-state index in [4.69, 9.17) is 0 Å². The molecule has 0 unspecified atom stereocenters. The van der Waals surface area contributed by atoms with Gasteiger partial charge in [-0.05, 0) is 18.4 Å². The molecule has 2 heterocycles. The van der Waals surface area contributed by atoms with Crippen molar-refractivity contribution in [3.8, 4) is 0 Å². The average molecular weight is 320 g/mol. The van der Waals surface area contributed by atoms with E-state index in [-0.39, 0.29) is 0 Å². The Morgan fingerprint density at radius 3 is 2.91 bits per heavy atom. The molecule has 0 bridgehead atoms. The first-order valence-corrected chi connectivity index (χ1v) is 8.43. The highest BCUT2D eigenvalue weighted by Gasteiger charge is 2.06. The summed E-state index contributed by atoms with van der Waals surface area (Å²) in [7, 11) is 1.78. The van der Waals surface area contributed by atoms with Gasteiger partial charge in [0.1, 0.15) is 5.01 Å². The molecule has 0 aliphatic rings. The van der Waals surface area contributed by atoms with Crippen molar-refractivity contribution in [2.24, 2.45) is 4.99 Å². The van der Waals surface area contributed by atoms with E-state index >= 15 is 0 Å². The summed E-state index contributed by atoms with van der Waals surface area (Å²) in [5.74, 6) is 1.28. The van der Waals surface area contributed by atoms with Gasteiger partial charge in [-0.25, -0.2) is 4.98 Å². The SMILES string of the molecule is CN=C(NCCCn1cccn1)NCc1nc(C(C)C)cs1. The van der Waals surface area contributed by atoms with Crippen LogP contribution in [0.2, 0.25) is 0 Å². The summed E-state index contributed by atoms with van der Waals surface area (Å²) in [5.41, 5.74) is 1.16. The Labute approximate surface area is 135 Å². The fraction of sp³-hybridized carbons (Fsp3) is 0.533. The zero-order valence-corrected chi connectivity index (χ0v) is 14.2. The Kier molecular flexibility index (Phi) is 6.39. The summed E-state index contributed by atoms with van der Waals surface area (Å²) < 4.78 is 1.93. The van der Waals surface area contributed by atoms with Crippen LogP contribution in [0, 0.1) is 0 Å². The highest BCUT2D eigenvalue weighted by atomic mass is 32.1. The van der Waals surface area contributed by atoms with Gasteiger partial charge in [0, 0.05) is 37.9 Å². The molecule has 0 spiro atoms. The summed E-state index contributed by atoms with van der Waals surface area (Å²) in [6.45, 7) is 6.78. The third-order valence-corrected chi connectivity index (χ3v) is 4.07. The first-order valence-electron chi connectivity index (χ1n) is 7.55. The molecule has 2 aromatic heterocycles. The van der Waals surface area contributed by atoms with Crippen LogP contribution in [-0.4, -0.2) is 34.3 Å². The number of nitrogens with one attached hydrogen (secondary N) is 2. The van der Waals surface area contributed by atoms with E-state index in [1.165, 1.54) is 0 Å². The minimum Gasteiger partial charge on any atom is -0.356 e. The number of rotatable bonds is 7. The molecule has 0 amide bonds. The van der Waals surface area contributed by atoms with Crippen LogP contribution in [-0.2, 0) is 13.1 Å². The third-order valence-electron chi connectivity index (χ3n) is 3.21. The van der Waals surface area contributed by atoms with Crippen molar-refractivity contribution < 1.29 is 0 Å². The standard InChI is InChI=1S/C15H24N6S/c1-12(2)13-11-22-14(20-13)10-18-15(16-3)17-6-4-8-21-9-5-7-19-21/h5,7,9,11-12H,4,6,8,10H2,1-3H3,(H2,16,17,18). The Balaban J connectivity index is 1.68. The lowest BCUT2D eigenvalue weighted by molar-refractivity contribution is 0.570. The van der Waals surface area contributed by atoms with Gasteiger partial charge in [-0.2, -0.15) is 5.10 Å². The molecule has 2 rings (SSSR count). The second-order valence-electron chi connectivity index (χ2n) is 5.30. The van der Waals surface area contributed by atoms with Crippen LogP contribution < -0.4 is 10.6 Å². The van der Waals surface area contributed by atoms with Gasteiger partial charge in [0.2, 0.25) is 0 Å². The number of hydrogen-bond donors (Lipinski definition) is 2. The number of aryl methyl sites for hydroxylation is 1. The van der Waals surface area contributed by atoms with E-state index < -0.39 is 0 Å². The van der Waals surface area contributed by atoms with Crippen molar-refractivity contribution in [3.05, 3.63) is 34.5 Å². The summed E-state index contributed by atoms with van der Waals surface area (Å²) in [6.07, 6.45) is 4.77. The second kappa shape index (κ2) is 8.53. The minimum absolute atomic E-state index is 0.477. The van der Waals surface area contributed by atoms with Gasteiger partial charge < -0.3 is 10.6 Å². The fourth-order valence-corrected chi connectivity index (χ4v) is 2.83. The lowest BCUT2D eigenvalue weighted by Gasteiger charge is -2.10. The number of hydrogen-bond acceptors (Lipinski definition) is 4. The molecule has 0 saturated carbocycles. The molecule has 0 saturated heterocycles. The smallest absolute Gasteiger partial charge is 0.191 e. The first kappa shape index (κ1) is 16.5. The Morgan fingerprint density at radius 1 is 1.41 bits per heavy atom. The topological polar surface area (TPSA) is 67.1 Å². The number of aromatic nitrogens is 3. The summed E-state index contributed by atoms with van der Waals surface area (Å²) >= 11 is 1.69. The van der Waals surface area contributed by atoms with Crippen LogP contribution >= 0.6 is 11.3 Å². The average Bonchev–Trinajstić information content (AvgIpc) is 3.18. The van der Waals surface area contributed by atoms with E-state index in [0.717, 1.165) is 36.2 Å². The van der Waals surface area contributed by atoms with Crippen LogP contribution in [0.4, 0.5) is 0 Å². The van der Waals surface area contributed by atoms with Crippen molar-refractivity contribution in [1.29, 1.82) is 0 Å². The van der Waals surface area contributed by atoms with E-state index in [2.05, 4.69) is 44.9 Å². The summed E-state index contributed by atoms with van der Waals surface area (Å²) in [4.78, 5) is 8.84. The highest BCUT2D eigenvalue weighted by Crippen LogP contribution is 2.17. The van der Waals surface area contributed by atoms with Crippen molar-refractivity contribution in [2.75, 3.05) is 13.6 Å². The molecular formula is C15H24N6S. The maximum absolute atomic E-state index is 4.61. The van der Waals surface area contributed by atoms with Gasteiger partial charge in [0.15, 0.2) is 5.96 Å². The monoisotopic (exact) mass is 320 g/mol. The van der Waals surface area contributed by atoms with Crippen LogP contribution in [0.15, 0.2) is 28.8 Å². The van der Waals surface area contributed by atoms with Crippen LogP contribution in [0.5, 0.6) is 0 Å². The maximum Gasteiger partial charge on any atom is 0.191 e. The number of thiazole rings is 1. The predicted octanol–water partition coefficient (Wildman–Crippen LogP) is 2.22. The van der Waals surface area contributed by atoms with Crippen LogP contribution in [0.3, 0.4) is 0 Å². The Bertz CT molecular complexity index is 573. The van der Waals surface area contributed by atoms with Gasteiger partial charge in [-0.3, -0.25) is 9.67 Å². The van der Waals surface area contributed by atoms with Crippen LogP contribution in [0.1, 0.15) is 36.9 Å². The fourth-order valence-electron chi connectivity index (χ4n) is 1.93. The third kappa shape index (κ3) is 5.14. The molecule has 0 atom stereocenters. The molecule has 2 N–H and O–H groups in total. The van der Waals surface area contributed by atoms with Gasteiger partial charge in [0.05, 0.1) is 12.2 Å². The van der Waals surface area contributed by atoms with Crippen molar-refractivity contribution >= 4 is 17.3 Å². The van der Waals surface area contributed by atoms with E-state index in [1.54, 1.807) is 24.6 Å². The van der Waals surface area contributed by atoms with E-state index in [9.17, 15) is 0 Å². The number of nitrogens with zero attached hydrogens (tertiary/aromatic N) is 4. The molecule has 0 aromatic carbocycles. The Morgan fingerprint density at radius 2 is 2.27 bits per heavy atom. The molecule has 22 heavy (non-hydrogen) atoms. The van der Waals surface area contributed by atoms with E-state index in [0.29, 0.717) is 12.5 Å². The van der Waals surface area contributed by atoms with Gasteiger partial charge >= 0.3 is 0 Å². The zero-order chi connectivity index (χ0) is 15.8. The van der Waals surface area contributed by atoms with E-state index in [1.807, 2.05) is 16.9 Å². The highest BCUT2D eigenvalue weighted by molar-refractivity contribution is 7.09. The van der Waals surface area contributed by atoms with Gasteiger partial charge in [0.25, 0.3) is 0 Å². The second-order valence-corrected chi connectivity index (χ2v) is 6.24. The number of guanidine groups is 1. The first-order chi connectivity index (χ1) is 10.7. The van der Waals surface area contributed by atoms with Crippen molar-refractivity contribution in [1.82, 2.24) is 25.4 Å². The molecule has 120 valence electrons. The minimum atomic E-state index is 0.477. The molecule has 0 fully saturated rings. The van der Waals surface area contributed by atoms with Crippen LogP contribution in [0.25, 0.3) is 0 Å². The molecule has 2 aromatic rings. The molecule has 7 heteroatoms. The maximum atomic E-state index is 4.61. The van der Waals surface area contributed by atoms with Crippen molar-refractivity contribution in [3.63, 3.8) is 0 Å². The predicted molar refractivity (Wildman–Crippen MR) is 91.2 cm³/mol. The molecule has 0 radical (unpaired) electrons. The normalized spacial score (nSPS) is 11.9. The largest absolute Gasteiger partial charge is 0.356 e. The Hall–Kier alpha value is -1.89. The van der Waals surface area contributed by atoms with Gasteiger partial charge in [-0.15, -0.1) is 11.3 Å². The quantitative estimate of drug-likeness (QED) is 0.466. The lowest BCUT2D eigenvalue weighted by atomic mass is 10.2. The number of aliphatic imine (C=N–C) groups is 1. The van der Waals surface area contributed by atoms with Crippen molar-refractivity contribution in [2.45, 2.75) is 39.3 Å². The van der Waals surface area contributed by atoms with Gasteiger partial charge in [-0.1, -0.05) is 13.8 Å². The molecule has 0 aliphatic carbocycles. The zero-order valence-electron chi connectivity index (χ0n) is 13.4.